The molecule has 1 aromatic carbocycles. The Balaban J connectivity index is 1.20. The lowest BCUT2D eigenvalue weighted by Crippen LogP contribution is -2.46. The van der Waals surface area contributed by atoms with Crippen LogP contribution in [0.4, 0.5) is 0 Å². The van der Waals surface area contributed by atoms with Gasteiger partial charge in [-0.15, -0.1) is 11.3 Å². The molecule has 1 aliphatic carbocycles. The van der Waals surface area contributed by atoms with E-state index in [1.54, 1.807) is 11.3 Å². The zero-order valence-corrected chi connectivity index (χ0v) is 17.5. The van der Waals surface area contributed by atoms with Gasteiger partial charge < -0.3 is 10.0 Å². The van der Waals surface area contributed by atoms with Crippen molar-refractivity contribution < 1.29 is 5.11 Å². The Morgan fingerprint density at radius 2 is 1.82 bits per heavy atom. The Morgan fingerprint density at radius 3 is 2.61 bits per heavy atom. The van der Waals surface area contributed by atoms with Crippen LogP contribution in [0.1, 0.15) is 60.4 Å². The van der Waals surface area contributed by atoms with Crippen LogP contribution >= 0.6 is 11.3 Å². The van der Waals surface area contributed by atoms with E-state index in [2.05, 4.69) is 39.4 Å². The molecule has 2 aliphatic heterocycles. The maximum Gasteiger partial charge on any atom is 0.110 e. The van der Waals surface area contributed by atoms with E-state index in [-0.39, 0.29) is 0 Å². The van der Waals surface area contributed by atoms with Crippen LogP contribution in [0.25, 0.3) is 0 Å². The van der Waals surface area contributed by atoms with Crippen molar-refractivity contribution >= 4 is 11.3 Å². The third-order valence-electron chi connectivity index (χ3n) is 7.06. The number of hydrogen-bond acceptors (Lipinski definition) is 5. The molecule has 0 atom stereocenters. The van der Waals surface area contributed by atoms with Crippen LogP contribution in [0.15, 0.2) is 29.6 Å². The standard InChI is InChI=1S/C23H31N3OS/c27-23(10-13-26(14-11-23)20-7-3-4-8-20)21-17-28-22(24-21)16-25-12-9-18-5-1-2-6-19(18)15-25/h1-2,5-6,17,20,27H,3-4,7-16H2. The Kier molecular flexibility index (Phi) is 5.26. The van der Waals surface area contributed by atoms with Crippen LogP contribution in [0.5, 0.6) is 0 Å². The summed E-state index contributed by atoms with van der Waals surface area (Å²) in [4.78, 5) is 9.98. The highest BCUT2D eigenvalue weighted by molar-refractivity contribution is 7.09. The van der Waals surface area contributed by atoms with Crippen molar-refractivity contribution in [1.82, 2.24) is 14.8 Å². The number of benzene rings is 1. The fourth-order valence-corrected chi connectivity index (χ4v) is 6.19. The first-order chi connectivity index (χ1) is 13.7. The van der Waals surface area contributed by atoms with Gasteiger partial charge in [0.25, 0.3) is 0 Å². The van der Waals surface area contributed by atoms with Crippen molar-refractivity contribution in [3.8, 4) is 0 Å². The first kappa shape index (κ1) is 18.7. The van der Waals surface area contributed by atoms with E-state index in [0.717, 1.165) is 68.7 Å². The quantitative estimate of drug-likeness (QED) is 0.849. The maximum atomic E-state index is 11.3. The molecule has 1 N–H and O–H groups in total. The number of likely N-dealkylation sites (tertiary alicyclic amines) is 1. The third kappa shape index (κ3) is 3.78. The number of aliphatic hydroxyl groups is 1. The van der Waals surface area contributed by atoms with E-state index in [0.29, 0.717) is 0 Å². The maximum absolute atomic E-state index is 11.3. The van der Waals surface area contributed by atoms with Crippen LogP contribution in [0.2, 0.25) is 0 Å². The predicted molar refractivity (Wildman–Crippen MR) is 113 cm³/mol. The molecule has 0 radical (unpaired) electrons. The van der Waals surface area contributed by atoms with Gasteiger partial charge in [0.1, 0.15) is 10.6 Å². The molecule has 3 heterocycles. The summed E-state index contributed by atoms with van der Waals surface area (Å²) in [5, 5.41) is 14.5. The molecular weight excluding hydrogens is 366 g/mol. The molecule has 1 aromatic heterocycles. The highest BCUT2D eigenvalue weighted by Crippen LogP contribution is 2.36. The second-order valence-corrected chi connectivity index (χ2v) is 9.80. The van der Waals surface area contributed by atoms with Gasteiger partial charge in [0.2, 0.25) is 0 Å². The first-order valence-electron chi connectivity index (χ1n) is 10.9. The lowest BCUT2D eigenvalue weighted by atomic mass is 9.88. The molecule has 0 spiro atoms. The number of piperidine rings is 1. The molecule has 1 saturated heterocycles. The Labute approximate surface area is 172 Å². The van der Waals surface area contributed by atoms with Gasteiger partial charge in [-0.1, -0.05) is 37.1 Å². The fourth-order valence-electron chi connectivity index (χ4n) is 5.26. The largest absolute Gasteiger partial charge is 0.383 e. The second kappa shape index (κ2) is 7.86. The number of rotatable bonds is 4. The van der Waals surface area contributed by atoms with Crippen LogP contribution in [-0.2, 0) is 25.1 Å². The highest BCUT2D eigenvalue weighted by atomic mass is 32.1. The van der Waals surface area contributed by atoms with E-state index < -0.39 is 5.60 Å². The monoisotopic (exact) mass is 397 g/mol. The number of aromatic nitrogens is 1. The fraction of sp³-hybridized carbons (Fsp3) is 0.609. The van der Waals surface area contributed by atoms with Crippen LogP contribution in [-0.4, -0.2) is 45.6 Å². The summed E-state index contributed by atoms with van der Waals surface area (Å²) in [5.41, 5.74) is 3.12. The predicted octanol–water partition coefficient (Wildman–Crippen LogP) is 3.93. The average molecular weight is 398 g/mol. The molecule has 2 fully saturated rings. The Morgan fingerprint density at radius 1 is 1.07 bits per heavy atom. The summed E-state index contributed by atoms with van der Waals surface area (Å²) in [6.07, 6.45) is 8.21. The number of hydrogen-bond donors (Lipinski definition) is 1. The number of thiazole rings is 1. The minimum absolute atomic E-state index is 0.724. The molecule has 5 heteroatoms. The van der Waals surface area contributed by atoms with Gasteiger partial charge >= 0.3 is 0 Å². The van der Waals surface area contributed by atoms with Gasteiger partial charge in [-0.05, 0) is 43.2 Å². The van der Waals surface area contributed by atoms with Crippen molar-refractivity contribution in [1.29, 1.82) is 0 Å². The minimum Gasteiger partial charge on any atom is -0.383 e. The smallest absolute Gasteiger partial charge is 0.110 e. The summed E-state index contributed by atoms with van der Waals surface area (Å²) < 4.78 is 0. The van der Waals surface area contributed by atoms with E-state index in [1.165, 1.54) is 36.8 Å². The lowest BCUT2D eigenvalue weighted by molar-refractivity contribution is -0.0379. The lowest BCUT2D eigenvalue weighted by Gasteiger charge is -2.40. The molecular formula is C23H31N3OS. The number of fused-ring (bicyclic) bond motifs is 1. The van der Waals surface area contributed by atoms with Crippen LogP contribution in [0.3, 0.4) is 0 Å². The second-order valence-electron chi connectivity index (χ2n) is 8.86. The third-order valence-corrected chi connectivity index (χ3v) is 7.90. The van der Waals surface area contributed by atoms with Crippen molar-refractivity contribution in [2.75, 3.05) is 19.6 Å². The van der Waals surface area contributed by atoms with E-state index in [1.807, 2.05) is 0 Å². The summed E-state index contributed by atoms with van der Waals surface area (Å²) >= 11 is 1.72. The van der Waals surface area contributed by atoms with Crippen molar-refractivity contribution in [3.05, 3.63) is 51.5 Å². The van der Waals surface area contributed by atoms with E-state index in [4.69, 9.17) is 4.98 Å². The van der Waals surface area contributed by atoms with Crippen LogP contribution < -0.4 is 0 Å². The van der Waals surface area contributed by atoms with Gasteiger partial charge in [-0.3, -0.25) is 4.90 Å². The van der Waals surface area contributed by atoms with E-state index in [9.17, 15) is 5.11 Å². The molecule has 2 aromatic rings. The minimum atomic E-state index is -0.724. The summed E-state index contributed by atoms with van der Waals surface area (Å²) in [6.45, 7) is 5.01. The topological polar surface area (TPSA) is 39.6 Å². The van der Waals surface area contributed by atoms with E-state index >= 15 is 0 Å². The zero-order chi connectivity index (χ0) is 19.0. The number of nitrogens with zero attached hydrogens (tertiary/aromatic N) is 3. The van der Waals surface area contributed by atoms with Crippen LogP contribution in [0, 0.1) is 0 Å². The molecule has 5 rings (SSSR count). The Bertz CT molecular complexity index is 806. The summed E-state index contributed by atoms with van der Waals surface area (Å²) in [6, 6.07) is 9.53. The van der Waals surface area contributed by atoms with Gasteiger partial charge in [0, 0.05) is 37.6 Å². The molecule has 0 unspecified atom stereocenters. The molecule has 1 saturated carbocycles. The van der Waals surface area contributed by atoms with Gasteiger partial charge in [-0.2, -0.15) is 0 Å². The summed E-state index contributed by atoms with van der Waals surface area (Å²) in [5.74, 6) is 0. The summed E-state index contributed by atoms with van der Waals surface area (Å²) in [7, 11) is 0. The van der Waals surface area contributed by atoms with Crippen molar-refractivity contribution in [2.45, 2.75) is 69.7 Å². The molecule has 150 valence electrons. The molecule has 28 heavy (non-hydrogen) atoms. The van der Waals surface area contributed by atoms with Crippen molar-refractivity contribution in [3.63, 3.8) is 0 Å². The normalized spacial score (nSPS) is 23.8. The molecule has 4 nitrogen and oxygen atoms in total. The SMILES string of the molecule is OC1(c2csc(CN3CCc4ccccc4C3)n2)CCN(C2CCCC2)CC1. The first-order valence-corrected chi connectivity index (χ1v) is 11.8. The molecule has 0 bridgehead atoms. The Hall–Kier alpha value is -1.27. The molecule has 0 amide bonds. The van der Waals surface area contributed by atoms with Gasteiger partial charge in [0.15, 0.2) is 0 Å². The zero-order valence-electron chi connectivity index (χ0n) is 16.6. The van der Waals surface area contributed by atoms with Crippen molar-refractivity contribution in [2.24, 2.45) is 0 Å². The average Bonchev–Trinajstić information content (AvgIpc) is 3.41. The van der Waals surface area contributed by atoms with Gasteiger partial charge in [0.05, 0.1) is 12.2 Å². The highest BCUT2D eigenvalue weighted by Gasteiger charge is 2.38. The molecule has 3 aliphatic rings. The van der Waals surface area contributed by atoms with Gasteiger partial charge in [-0.25, -0.2) is 4.98 Å².